The van der Waals surface area contributed by atoms with Crippen molar-refractivity contribution >= 4 is 23.5 Å². The number of rotatable bonds is 2. The summed E-state index contributed by atoms with van der Waals surface area (Å²) in [4.78, 5) is 18.6. The number of hydrogen-bond acceptors (Lipinski definition) is 3. The number of aryl methyl sites for hydroxylation is 1. The Labute approximate surface area is 149 Å². The molecule has 0 atom stereocenters. The van der Waals surface area contributed by atoms with Crippen molar-refractivity contribution in [1.29, 1.82) is 0 Å². The van der Waals surface area contributed by atoms with E-state index < -0.39 is 0 Å². The second kappa shape index (κ2) is 6.52. The number of carbonyl (C=O) groups is 1. The van der Waals surface area contributed by atoms with Crippen molar-refractivity contribution in [1.82, 2.24) is 4.90 Å². The number of likely N-dealkylation sites (N-methyl/N-ethyl adjacent to an activating group) is 1. The zero-order valence-electron chi connectivity index (χ0n) is 15.0. The average molecular weight is 335 g/mol. The quantitative estimate of drug-likeness (QED) is 0.789. The largest absolute Gasteiger partial charge is 0.369 e. The van der Waals surface area contributed by atoms with Crippen LogP contribution in [0.2, 0.25) is 0 Å². The highest BCUT2D eigenvalue weighted by molar-refractivity contribution is 5.91. The van der Waals surface area contributed by atoms with E-state index in [1.54, 1.807) is 0 Å². The van der Waals surface area contributed by atoms with Crippen LogP contribution in [-0.4, -0.2) is 44.5 Å². The van der Waals surface area contributed by atoms with Crippen LogP contribution >= 0.6 is 0 Å². The minimum atomic E-state index is 0.956. The van der Waals surface area contributed by atoms with Gasteiger partial charge in [0.05, 0.1) is 11.4 Å². The third-order valence-electron chi connectivity index (χ3n) is 5.65. The van der Waals surface area contributed by atoms with Crippen molar-refractivity contribution in [2.24, 2.45) is 0 Å². The van der Waals surface area contributed by atoms with E-state index >= 15 is 0 Å². The van der Waals surface area contributed by atoms with E-state index in [-0.39, 0.29) is 0 Å². The molecule has 0 radical (unpaired) electrons. The van der Waals surface area contributed by atoms with E-state index in [1.807, 2.05) is 17.0 Å². The average Bonchev–Trinajstić information content (AvgIpc) is 2.80. The number of benzene rings is 2. The molecule has 2 aliphatic heterocycles. The van der Waals surface area contributed by atoms with Crippen LogP contribution < -0.4 is 9.80 Å². The van der Waals surface area contributed by atoms with Gasteiger partial charge in [0.2, 0.25) is 6.41 Å². The molecular formula is C21H25N3O. The van der Waals surface area contributed by atoms with Crippen LogP contribution in [0, 0.1) is 6.92 Å². The minimum absolute atomic E-state index is 0.956. The van der Waals surface area contributed by atoms with Crippen molar-refractivity contribution in [2.45, 2.75) is 19.8 Å². The first-order chi connectivity index (χ1) is 12.2. The van der Waals surface area contributed by atoms with Crippen molar-refractivity contribution in [3.8, 4) is 0 Å². The molecule has 0 spiro atoms. The Morgan fingerprint density at radius 3 is 2.36 bits per heavy atom. The summed E-state index contributed by atoms with van der Waals surface area (Å²) in [6.45, 7) is 6.54. The van der Waals surface area contributed by atoms with Crippen molar-refractivity contribution in [3.63, 3.8) is 0 Å². The fourth-order valence-corrected chi connectivity index (χ4v) is 4.12. The number of fused-ring (bicyclic) bond motifs is 2. The Morgan fingerprint density at radius 2 is 1.60 bits per heavy atom. The molecule has 0 aromatic heterocycles. The van der Waals surface area contributed by atoms with Crippen LogP contribution in [0.3, 0.4) is 0 Å². The highest BCUT2D eigenvalue weighted by Gasteiger charge is 2.24. The molecule has 0 aliphatic carbocycles. The van der Waals surface area contributed by atoms with Gasteiger partial charge in [0, 0.05) is 31.9 Å². The van der Waals surface area contributed by atoms with Crippen LogP contribution in [0.25, 0.3) is 0 Å². The summed E-state index contributed by atoms with van der Waals surface area (Å²) >= 11 is 0. The van der Waals surface area contributed by atoms with Crippen LogP contribution in [0.15, 0.2) is 36.4 Å². The van der Waals surface area contributed by atoms with E-state index in [0.29, 0.717) is 0 Å². The first-order valence-corrected chi connectivity index (χ1v) is 9.07. The molecule has 4 nitrogen and oxygen atoms in total. The molecule has 2 aromatic carbocycles. The van der Waals surface area contributed by atoms with Gasteiger partial charge in [0.1, 0.15) is 0 Å². The lowest BCUT2D eigenvalue weighted by Crippen LogP contribution is -2.44. The minimum Gasteiger partial charge on any atom is -0.369 e. The second-order valence-electron chi connectivity index (χ2n) is 7.10. The maximum absolute atomic E-state index is 11.9. The van der Waals surface area contributed by atoms with Crippen molar-refractivity contribution in [3.05, 3.63) is 53.1 Å². The Bertz CT molecular complexity index is 794. The number of nitrogens with zero attached hydrogens (tertiary/aromatic N) is 3. The molecular weight excluding hydrogens is 310 g/mol. The van der Waals surface area contributed by atoms with Gasteiger partial charge in [0.25, 0.3) is 0 Å². The Hall–Kier alpha value is -2.33. The van der Waals surface area contributed by atoms with Gasteiger partial charge in [0.15, 0.2) is 0 Å². The molecule has 130 valence electrons. The predicted octanol–water partition coefficient (Wildman–Crippen LogP) is 3.14. The summed E-state index contributed by atoms with van der Waals surface area (Å²) in [6.07, 6.45) is 2.91. The molecule has 4 rings (SSSR count). The van der Waals surface area contributed by atoms with E-state index in [4.69, 9.17) is 0 Å². The fourth-order valence-electron chi connectivity index (χ4n) is 4.12. The molecule has 0 saturated carbocycles. The van der Waals surface area contributed by atoms with E-state index in [0.717, 1.165) is 56.8 Å². The van der Waals surface area contributed by atoms with Gasteiger partial charge in [-0.2, -0.15) is 0 Å². The van der Waals surface area contributed by atoms with Crippen LogP contribution in [0.1, 0.15) is 16.7 Å². The zero-order valence-corrected chi connectivity index (χ0v) is 15.0. The third kappa shape index (κ3) is 2.81. The number of carbonyl (C=O) groups excluding carboxylic acids is 1. The molecule has 4 heteroatoms. The normalized spacial score (nSPS) is 17.7. The first-order valence-electron chi connectivity index (χ1n) is 9.07. The first kappa shape index (κ1) is 16.2. The fraction of sp³-hybridized carbons (Fsp3) is 0.381. The molecule has 1 amide bonds. The molecule has 0 bridgehead atoms. The summed E-state index contributed by atoms with van der Waals surface area (Å²) in [5, 5.41) is 0. The van der Waals surface area contributed by atoms with Crippen molar-refractivity contribution < 1.29 is 4.79 Å². The Morgan fingerprint density at radius 1 is 0.880 bits per heavy atom. The zero-order chi connectivity index (χ0) is 17.4. The summed E-state index contributed by atoms with van der Waals surface area (Å²) < 4.78 is 0. The SMILES string of the molecule is Cc1c(N2CCN(C)CC2)ccc2c1CCc1ccccc1N2C=O. The molecule has 1 fully saturated rings. The van der Waals surface area contributed by atoms with E-state index in [1.165, 1.54) is 22.4 Å². The second-order valence-corrected chi connectivity index (χ2v) is 7.10. The van der Waals surface area contributed by atoms with Gasteiger partial charge < -0.3 is 9.80 Å². The predicted molar refractivity (Wildman–Crippen MR) is 103 cm³/mol. The maximum Gasteiger partial charge on any atom is 0.218 e. The van der Waals surface area contributed by atoms with Crippen molar-refractivity contribution in [2.75, 3.05) is 43.0 Å². The topological polar surface area (TPSA) is 26.8 Å². The van der Waals surface area contributed by atoms with Gasteiger partial charge in [-0.3, -0.25) is 9.69 Å². The number of hydrogen-bond donors (Lipinski definition) is 0. The monoisotopic (exact) mass is 335 g/mol. The van der Waals surface area contributed by atoms with Gasteiger partial charge in [-0.25, -0.2) is 0 Å². The molecule has 2 aromatic rings. The van der Waals surface area contributed by atoms with Crippen LogP contribution in [0.4, 0.5) is 17.1 Å². The highest BCUT2D eigenvalue weighted by atomic mass is 16.1. The molecule has 0 N–H and O–H groups in total. The van der Waals surface area contributed by atoms with Gasteiger partial charge in [-0.05, 0) is 61.7 Å². The summed E-state index contributed by atoms with van der Waals surface area (Å²) in [5.41, 5.74) is 7.25. The molecule has 25 heavy (non-hydrogen) atoms. The lowest BCUT2D eigenvalue weighted by atomic mass is 9.98. The number of para-hydroxylation sites is 1. The molecule has 2 heterocycles. The van der Waals surface area contributed by atoms with E-state index in [9.17, 15) is 4.79 Å². The van der Waals surface area contributed by atoms with Crippen LogP contribution in [0.5, 0.6) is 0 Å². The lowest BCUT2D eigenvalue weighted by molar-refractivity contribution is -0.106. The number of amides is 1. The smallest absolute Gasteiger partial charge is 0.218 e. The van der Waals surface area contributed by atoms with Crippen LogP contribution in [-0.2, 0) is 17.6 Å². The Kier molecular flexibility index (Phi) is 4.22. The summed E-state index contributed by atoms with van der Waals surface area (Å²) in [5.74, 6) is 0. The maximum atomic E-state index is 11.9. The molecule has 0 unspecified atom stereocenters. The number of anilines is 3. The molecule has 1 saturated heterocycles. The van der Waals surface area contributed by atoms with Gasteiger partial charge in [-0.1, -0.05) is 18.2 Å². The van der Waals surface area contributed by atoms with Gasteiger partial charge >= 0.3 is 0 Å². The molecule has 2 aliphatic rings. The highest BCUT2D eigenvalue weighted by Crippen LogP contribution is 2.39. The lowest BCUT2D eigenvalue weighted by Gasteiger charge is -2.35. The number of piperazine rings is 1. The summed E-state index contributed by atoms with van der Waals surface area (Å²) in [6, 6.07) is 12.6. The standard InChI is InChI=1S/C21H25N3O/c1-16-18-8-7-17-5-3-4-6-20(17)24(15-25)21(18)10-9-19(16)23-13-11-22(2)12-14-23/h3-6,9-10,15H,7-8,11-14H2,1-2H3. The van der Waals surface area contributed by atoms with E-state index in [2.05, 4.69) is 48.0 Å². The third-order valence-corrected chi connectivity index (χ3v) is 5.65. The summed E-state index contributed by atoms with van der Waals surface area (Å²) in [7, 11) is 2.18. The Balaban J connectivity index is 1.76. The van der Waals surface area contributed by atoms with Gasteiger partial charge in [-0.15, -0.1) is 0 Å².